The van der Waals surface area contributed by atoms with Crippen LogP contribution in [0.3, 0.4) is 0 Å². The number of methoxy groups -OCH3 is 1. The summed E-state index contributed by atoms with van der Waals surface area (Å²) in [6.45, 7) is 8.29. The number of anilines is 1. The maximum absolute atomic E-state index is 12.8. The summed E-state index contributed by atoms with van der Waals surface area (Å²) in [5, 5.41) is 3.17. The summed E-state index contributed by atoms with van der Waals surface area (Å²) in [6, 6.07) is 3.95. The number of unbranched alkanes of at least 4 members (excludes halogenated alkanes) is 1. The van der Waals surface area contributed by atoms with Crippen molar-refractivity contribution >= 4 is 11.6 Å². The van der Waals surface area contributed by atoms with E-state index in [1.54, 1.807) is 7.11 Å². The van der Waals surface area contributed by atoms with Gasteiger partial charge in [0, 0.05) is 5.69 Å². The zero-order chi connectivity index (χ0) is 16.8. The van der Waals surface area contributed by atoms with Crippen LogP contribution in [0.15, 0.2) is 12.1 Å². The molecule has 1 fully saturated rings. The minimum atomic E-state index is 0.0104. The van der Waals surface area contributed by atoms with Crippen molar-refractivity contribution in [2.24, 2.45) is 0 Å². The Balaban J connectivity index is 2.11. The van der Waals surface area contributed by atoms with Crippen LogP contribution < -0.4 is 10.1 Å². The fourth-order valence-electron chi connectivity index (χ4n) is 3.36. The molecular weight excluding hydrogens is 288 g/mol. The topological polar surface area (TPSA) is 41.6 Å². The van der Waals surface area contributed by atoms with Gasteiger partial charge in [0.2, 0.25) is 5.91 Å². The zero-order valence-corrected chi connectivity index (χ0v) is 14.9. The van der Waals surface area contributed by atoms with Crippen molar-refractivity contribution in [1.29, 1.82) is 0 Å². The monoisotopic (exact) mass is 318 g/mol. The second-order valence-electron chi connectivity index (χ2n) is 6.53. The Labute approximate surface area is 140 Å². The first-order valence-electron chi connectivity index (χ1n) is 8.77. The number of aryl methyl sites for hydroxylation is 2. The number of ether oxygens (including phenoxy) is 1. The van der Waals surface area contributed by atoms with Gasteiger partial charge in [0.1, 0.15) is 5.75 Å². The Bertz CT molecular complexity index is 519. The minimum Gasteiger partial charge on any atom is -0.497 e. The highest BCUT2D eigenvalue weighted by Gasteiger charge is 2.28. The van der Waals surface area contributed by atoms with Gasteiger partial charge in [0.05, 0.1) is 13.2 Å². The lowest BCUT2D eigenvalue weighted by Crippen LogP contribution is -2.47. The van der Waals surface area contributed by atoms with E-state index in [1.165, 1.54) is 12.8 Å². The zero-order valence-electron chi connectivity index (χ0n) is 14.9. The summed E-state index contributed by atoms with van der Waals surface area (Å²) in [7, 11) is 1.67. The number of rotatable bonds is 6. The molecule has 23 heavy (non-hydrogen) atoms. The molecule has 1 aromatic carbocycles. The number of nitrogens with one attached hydrogen (secondary N) is 1. The second-order valence-corrected chi connectivity index (χ2v) is 6.53. The quantitative estimate of drug-likeness (QED) is 0.865. The van der Waals surface area contributed by atoms with Crippen molar-refractivity contribution in [3.8, 4) is 5.75 Å². The predicted octanol–water partition coefficient (Wildman–Crippen LogP) is 3.91. The Morgan fingerprint density at radius 1 is 1.30 bits per heavy atom. The first kappa shape index (κ1) is 17.8. The molecule has 1 unspecified atom stereocenters. The van der Waals surface area contributed by atoms with Gasteiger partial charge in [-0.15, -0.1) is 0 Å². The van der Waals surface area contributed by atoms with E-state index in [9.17, 15) is 4.79 Å². The molecular formula is C19H30N2O2. The van der Waals surface area contributed by atoms with Crippen molar-refractivity contribution in [3.05, 3.63) is 23.3 Å². The van der Waals surface area contributed by atoms with Gasteiger partial charge in [-0.25, -0.2) is 0 Å². The van der Waals surface area contributed by atoms with Crippen LogP contribution in [-0.2, 0) is 4.79 Å². The van der Waals surface area contributed by atoms with Crippen LogP contribution in [0.1, 0.15) is 50.2 Å². The molecule has 1 heterocycles. The molecule has 0 radical (unpaired) electrons. The number of likely N-dealkylation sites (tertiary alicyclic amines) is 1. The van der Waals surface area contributed by atoms with Crippen LogP contribution in [0, 0.1) is 13.8 Å². The number of carbonyl (C=O) groups excluding carboxylic acids is 1. The van der Waals surface area contributed by atoms with Crippen molar-refractivity contribution in [2.45, 2.75) is 58.9 Å². The third-order valence-corrected chi connectivity index (χ3v) is 4.71. The average molecular weight is 318 g/mol. The Kier molecular flexibility index (Phi) is 6.46. The van der Waals surface area contributed by atoms with Gasteiger partial charge in [-0.1, -0.05) is 19.8 Å². The Hall–Kier alpha value is -1.55. The van der Waals surface area contributed by atoms with Gasteiger partial charge in [-0.2, -0.15) is 0 Å². The van der Waals surface area contributed by atoms with E-state index in [-0.39, 0.29) is 11.9 Å². The molecule has 1 amide bonds. The standard InChI is InChI=1S/C19H30N2O2/c1-5-6-10-21-11-8-7-9-17(21)19(22)20-18-14(2)12-16(23-4)13-15(18)3/h12-13,17H,5-11H2,1-4H3,(H,20,22). The number of piperidine rings is 1. The summed E-state index contributed by atoms with van der Waals surface area (Å²) in [5.74, 6) is 0.970. The summed E-state index contributed by atoms with van der Waals surface area (Å²) in [6.07, 6.45) is 5.63. The smallest absolute Gasteiger partial charge is 0.241 e. The molecule has 1 N–H and O–H groups in total. The van der Waals surface area contributed by atoms with E-state index >= 15 is 0 Å². The number of nitrogens with zero attached hydrogens (tertiary/aromatic N) is 1. The van der Waals surface area contributed by atoms with Gasteiger partial charge in [-0.3, -0.25) is 9.69 Å². The molecule has 0 bridgehead atoms. The van der Waals surface area contributed by atoms with Crippen LogP contribution in [0.5, 0.6) is 5.75 Å². The highest BCUT2D eigenvalue weighted by Crippen LogP contribution is 2.27. The highest BCUT2D eigenvalue weighted by atomic mass is 16.5. The van der Waals surface area contributed by atoms with E-state index in [4.69, 9.17) is 4.74 Å². The van der Waals surface area contributed by atoms with Crippen LogP contribution in [-0.4, -0.2) is 37.0 Å². The molecule has 1 aliphatic heterocycles. The molecule has 128 valence electrons. The van der Waals surface area contributed by atoms with Gasteiger partial charge in [-0.05, 0) is 69.5 Å². The molecule has 1 atom stereocenters. The summed E-state index contributed by atoms with van der Waals surface area (Å²) in [5.41, 5.74) is 3.02. The number of carbonyl (C=O) groups is 1. The second kappa shape index (κ2) is 8.34. The normalized spacial score (nSPS) is 18.7. The summed E-state index contributed by atoms with van der Waals surface area (Å²) >= 11 is 0. The molecule has 4 nitrogen and oxygen atoms in total. The molecule has 1 aliphatic rings. The number of hydrogen-bond donors (Lipinski definition) is 1. The molecule has 0 saturated carbocycles. The lowest BCUT2D eigenvalue weighted by molar-refractivity contribution is -0.122. The number of benzene rings is 1. The fourth-order valence-corrected chi connectivity index (χ4v) is 3.36. The maximum Gasteiger partial charge on any atom is 0.241 e. The number of hydrogen-bond acceptors (Lipinski definition) is 3. The van der Waals surface area contributed by atoms with Crippen molar-refractivity contribution in [1.82, 2.24) is 4.90 Å². The average Bonchev–Trinajstić information content (AvgIpc) is 2.56. The Morgan fingerprint density at radius 2 is 2.00 bits per heavy atom. The molecule has 1 saturated heterocycles. The largest absolute Gasteiger partial charge is 0.497 e. The summed E-state index contributed by atoms with van der Waals surface area (Å²) in [4.78, 5) is 15.2. The van der Waals surface area contributed by atoms with E-state index in [0.717, 1.165) is 54.9 Å². The molecule has 2 rings (SSSR count). The SMILES string of the molecule is CCCCN1CCCCC1C(=O)Nc1c(C)cc(OC)cc1C. The minimum absolute atomic E-state index is 0.0104. The van der Waals surface area contributed by atoms with E-state index in [0.29, 0.717) is 0 Å². The van der Waals surface area contributed by atoms with Gasteiger partial charge >= 0.3 is 0 Å². The van der Waals surface area contributed by atoms with Crippen molar-refractivity contribution < 1.29 is 9.53 Å². The predicted molar refractivity (Wildman–Crippen MR) is 95.2 cm³/mol. The molecule has 0 aliphatic carbocycles. The Morgan fingerprint density at radius 3 is 2.61 bits per heavy atom. The first-order chi connectivity index (χ1) is 11.1. The van der Waals surface area contributed by atoms with Crippen molar-refractivity contribution in [3.63, 3.8) is 0 Å². The third-order valence-electron chi connectivity index (χ3n) is 4.71. The van der Waals surface area contributed by atoms with Crippen LogP contribution in [0.2, 0.25) is 0 Å². The van der Waals surface area contributed by atoms with E-state index in [2.05, 4.69) is 17.1 Å². The molecule has 1 aromatic rings. The third kappa shape index (κ3) is 4.47. The first-order valence-corrected chi connectivity index (χ1v) is 8.77. The molecule has 4 heteroatoms. The van der Waals surface area contributed by atoms with Gasteiger partial charge in [0.25, 0.3) is 0 Å². The van der Waals surface area contributed by atoms with Crippen LogP contribution >= 0.6 is 0 Å². The van der Waals surface area contributed by atoms with Crippen LogP contribution in [0.4, 0.5) is 5.69 Å². The summed E-state index contributed by atoms with van der Waals surface area (Å²) < 4.78 is 5.29. The van der Waals surface area contributed by atoms with Gasteiger partial charge in [0.15, 0.2) is 0 Å². The maximum atomic E-state index is 12.8. The van der Waals surface area contributed by atoms with Gasteiger partial charge < -0.3 is 10.1 Å². The lowest BCUT2D eigenvalue weighted by atomic mass is 10.00. The number of amides is 1. The molecule has 0 spiro atoms. The van der Waals surface area contributed by atoms with E-state index < -0.39 is 0 Å². The molecule has 0 aromatic heterocycles. The van der Waals surface area contributed by atoms with E-state index in [1.807, 2.05) is 26.0 Å². The fraction of sp³-hybridized carbons (Fsp3) is 0.632. The van der Waals surface area contributed by atoms with Crippen molar-refractivity contribution in [2.75, 3.05) is 25.5 Å². The highest BCUT2D eigenvalue weighted by molar-refractivity contribution is 5.96. The van der Waals surface area contributed by atoms with Crippen LogP contribution in [0.25, 0.3) is 0 Å². The lowest BCUT2D eigenvalue weighted by Gasteiger charge is -2.34.